The van der Waals surface area contributed by atoms with Gasteiger partial charge in [0, 0.05) is 27.5 Å². The second-order valence-electron chi connectivity index (χ2n) is 3.92. The number of hydrogen-bond donors (Lipinski definition) is 1. The highest BCUT2D eigenvalue weighted by atomic mass is 127. The Hall–Kier alpha value is -1.01. The molecule has 0 fully saturated rings. The molecule has 0 saturated heterocycles. The highest BCUT2D eigenvalue weighted by Crippen LogP contribution is 2.17. The highest BCUT2D eigenvalue weighted by molar-refractivity contribution is 14.1. The molecule has 0 spiro atoms. The molecule has 0 atom stereocenters. The number of halogens is 2. The topological polar surface area (TPSA) is 34.0 Å². The number of aromatic nitrogens is 1. The zero-order chi connectivity index (χ0) is 13.1. The molecule has 5 heteroatoms. The molecular weight excluding hydrogens is 363 g/mol. The molecule has 1 heterocycles. The Balaban J connectivity index is 2.08. The third-order valence-electron chi connectivity index (χ3n) is 2.65. The average molecular weight is 375 g/mol. The summed E-state index contributed by atoms with van der Waals surface area (Å²) < 4.78 is 2.87. The number of benzene rings is 1. The molecule has 1 amide bonds. The summed E-state index contributed by atoms with van der Waals surface area (Å²) in [5.41, 5.74) is 1.66. The summed E-state index contributed by atoms with van der Waals surface area (Å²) in [4.78, 5) is 12.0. The van der Waals surface area contributed by atoms with Gasteiger partial charge in [0.2, 0.25) is 0 Å². The molecule has 3 nitrogen and oxygen atoms in total. The van der Waals surface area contributed by atoms with Crippen molar-refractivity contribution in [2.75, 3.05) is 0 Å². The van der Waals surface area contributed by atoms with Gasteiger partial charge in [-0.15, -0.1) is 0 Å². The van der Waals surface area contributed by atoms with Crippen LogP contribution < -0.4 is 5.32 Å². The Morgan fingerprint density at radius 1 is 1.44 bits per heavy atom. The van der Waals surface area contributed by atoms with Gasteiger partial charge in [0.15, 0.2) is 0 Å². The zero-order valence-electron chi connectivity index (χ0n) is 9.78. The molecule has 0 saturated carbocycles. The van der Waals surface area contributed by atoms with E-state index in [1.165, 1.54) is 0 Å². The van der Waals surface area contributed by atoms with E-state index in [-0.39, 0.29) is 5.91 Å². The summed E-state index contributed by atoms with van der Waals surface area (Å²) in [6.45, 7) is 0.505. The first-order valence-corrected chi connectivity index (χ1v) is 6.87. The minimum Gasteiger partial charge on any atom is -0.353 e. The normalized spacial score (nSPS) is 10.4. The Morgan fingerprint density at radius 2 is 2.22 bits per heavy atom. The van der Waals surface area contributed by atoms with E-state index in [1.807, 2.05) is 36.0 Å². The van der Waals surface area contributed by atoms with Gasteiger partial charge in [0.25, 0.3) is 5.91 Å². The quantitative estimate of drug-likeness (QED) is 0.823. The summed E-state index contributed by atoms with van der Waals surface area (Å²) in [7, 11) is 1.95. The lowest BCUT2D eigenvalue weighted by Crippen LogP contribution is -2.24. The molecule has 0 unspecified atom stereocenters. The summed E-state index contributed by atoms with van der Waals surface area (Å²) in [6, 6.07) is 9.22. The van der Waals surface area contributed by atoms with Gasteiger partial charge in [0.1, 0.15) is 0 Å². The third-order valence-corrected chi connectivity index (χ3v) is 3.83. The van der Waals surface area contributed by atoms with E-state index in [2.05, 4.69) is 27.9 Å². The lowest BCUT2D eigenvalue weighted by Gasteiger charge is -2.08. The fourth-order valence-corrected chi connectivity index (χ4v) is 2.37. The van der Waals surface area contributed by atoms with Crippen molar-refractivity contribution in [3.8, 4) is 0 Å². The van der Waals surface area contributed by atoms with Gasteiger partial charge in [-0.1, -0.05) is 11.6 Å². The number of amides is 1. The van der Waals surface area contributed by atoms with Crippen LogP contribution in [0.2, 0.25) is 5.02 Å². The van der Waals surface area contributed by atoms with Gasteiger partial charge < -0.3 is 9.88 Å². The van der Waals surface area contributed by atoms with Crippen LogP contribution in [0.4, 0.5) is 0 Å². The van der Waals surface area contributed by atoms with Crippen LogP contribution in [0.25, 0.3) is 0 Å². The van der Waals surface area contributed by atoms with Gasteiger partial charge >= 0.3 is 0 Å². The molecule has 0 bridgehead atoms. The van der Waals surface area contributed by atoms with Crippen LogP contribution in [0, 0.1) is 3.57 Å². The van der Waals surface area contributed by atoms with Crippen LogP contribution in [-0.2, 0) is 13.6 Å². The Morgan fingerprint density at radius 3 is 2.89 bits per heavy atom. The smallest absolute Gasteiger partial charge is 0.252 e. The second kappa shape index (κ2) is 5.75. The summed E-state index contributed by atoms with van der Waals surface area (Å²) in [5, 5.41) is 3.46. The van der Waals surface area contributed by atoms with Crippen molar-refractivity contribution in [1.82, 2.24) is 9.88 Å². The van der Waals surface area contributed by atoms with Gasteiger partial charge in [-0.25, -0.2) is 0 Å². The van der Waals surface area contributed by atoms with Crippen LogP contribution in [0.15, 0.2) is 36.5 Å². The summed E-state index contributed by atoms with van der Waals surface area (Å²) in [6.07, 6.45) is 1.95. The fraction of sp³-hybridized carbons (Fsp3) is 0.154. The van der Waals surface area contributed by atoms with Gasteiger partial charge in [-0.3, -0.25) is 4.79 Å². The maximum Gasteiger partial charge on any atom is 0.252 e. The standard InChI is InChI=1S/C13H12ClIN2O/c1-17-6-2-3-10(17)8-16-13(18)11-7-9(14)4-5-12(11)15/h2-7H,8H2,1H3,(H,16,18). The first-order chi connectivity index (χ1) is 8.58. The van der Waals surface area contributed by atoms with Gasteiger partial charge in [-0.05, 0) is 52.9 Å². The number of nitrogens with zero attached hydrogens (tertiary/aromatic N) is 1. The molecule has 0 aliphatic carbocycles. The van der Waals surface area contributed by atoms with E-state index in [4.69, 9.17) is 11.6 Å². The van der Waals surface area contributed by atoms with Crippen molar-refractivity contribution in [3.05, 3.63) is 56.4 Å². The van der Waals surface area contributed by atoms with Crippen LogP contribution in [0.5, 0.6) is 0 Å². The number of carbonyl (C=O) groups is 1. The lowest BCUT2D eigenvalue weighted by atomic mass is 10.2. The third kappa shape index (κ3) is 3.05. The monoisotopic (exact) mass is 374 g/mol. The zero-order valence-corrected chi connectivity index (χ0v) is 12.7. The molecule has 18 heavy (non-hydrogen) atoms. The average Bonchev–Trinajstić information content (AvgIpc) is 2.75. The Bertz CT molecular complexity index is 580. The first kappa shape index (κ1) is 13.4. The fourth-order valence-electron chi connectivity index (χ4n) is 1.62. The maximum absolute atomic E-state index is 12.0. The number of hydrogen-bond acceptors (Lipinski definition) is 1. The van der Waals surface area contributed by atoms with E-state index in [0.29, 0.717) is 17.1 Å². The van der Waals surface area contributed by atoms with Crippen LogP contribution >= 0.6 is 34.2 Å². The van der Waals surface area contributed by atoms with Crippen molar-refractivity contribution in [3.63, 3.8) is 0 Å². The molecule has 2 rings (SSSR count). The Labute approximate surface area is 124 Å². The second-order valence-corrected chi connectivity index (χ2v) is 5.52. The molecule has 1 N–H and O–H groups in total. The minimum absolute atomic E-state index is 0.108. The predicted molar refractivity (Wildman–Crippen MR) is 80.8 cm³/mol. The largest absolute Gasteiger partial charge is 0.353 e. The number of aryl methyl sites for hydroxylation is 1. The highest BCUT2D eigenvalue weighted by Gasteiger charge is 2.10. The summed E-state index contributed by atoms with van der Waals surface area (Å²) in [5.74, 6) is -0.108. The van der Waals surface area contributed by atoms with E-state index in [0.717, 1.165) is 9.26 Å². The number of rotatable bonds is 3. The molecule has 2 aromatic rings. The molecule has 0 aliphatic rings. The van der Waals surface area contributed by atoms with Crippen molar-refractivity contribution in [1.29, 1.82) is 0 Å². The number of carbonyl (C=O) groups excluding carboxylic acids is 1. The van der Waals surface area contributed by atoms with Gasteiger partial charge in [-0.2, -0.15) is 0 Å². The molecule has 0 aliphatic heterocycles. The van der Waals surface area contributed by atoms with E-state index in [1.54, 1.807) is 12.1 Å². The van der Waals surface area contributed by atoms with E-state index < -0.39 is 0 Å². The molecule has 1 aromatic heterocycles. The molecular formula is C13H12ClIN2O. The number of nitrogens with one attached hydrogen (secondary N) is 1. The van der Waals surface area contributed by atoms with Crippen LogP contribution in [0.1, 0.15) is 16.1 Å². The van der Waals surface area contributed by atoms with Crippen molar-refractivity contribution >= 4 is 40.1 Å². The van der Waals surface area contributed by atoms with Crippen LogP contribution in [0.3, 0.4) is 0 Å². The van der Waals surface area contributed by atoms with Crippen molar-refractivity contribution < 1.29 is 4.79 Å². The van der Waals surface area contributed by atoms with E-state index >= 15 is 0 Å². The SMILES string of the molecule is Cn1cccc1CNC(=O)c1cc(Cl)ccc1I. The molecule has 1 aromatic carbocycles. The lowest BCUT2D eigenvalue weighted by molar-refractivity contribution is 0.0949. The minimum atomic E-state index is -0.108. The van der Waals surface area contributed by atoms with Crippen molar-refractivity contribution in [2.24, 2.45) is 7.05 Å². The first-order valence-electron chi connectivity index (χ1n) is 5.41. The molecule has 0 radical (unpaired) electrons. The van der Waals surface area contributed by atoms with Gasteiger partial charge in [0.05, 0.1) is 12.1 Å². The maximum atomic E-state index is 12.0. The Kier molecular flexibility index (Phi) is 4.29. The van der Waals surface area contributed by atoms with Crippen LogP contribution in [-0.4, -0.2) is 10.5 Å². The predicted octanol–water partition coefficient (Wildman–Crippen LogP) is 3.21. The summed E-state index contributed by atoms with van der Waals surface area (Å²) >= 11 is 8.03. The molecule has 94 valence electrons. The van der Waals surface area contributed by atoms with Crippen molar-refractivity contribution in [2.45, 2.75) is 6.54 Å². The van der Waals surface area contributed by atoms with E-state index in [9.17, 15) is 4.79 Å².